The van der Waals surface area contributed by atoms with Crippen LogP contribution in [0.5, 0.6) is 0 Å². The minimum Gasteiger partial charge on any atom is -0.384 e. The molecule has 0 saturated heterocycles. The number of carbonyl (C=O) groups excluding carboxylic acids is 1. The fraction of sp³-hybridized carbons (Fsp3) is 0.133. The monoisotopic (exact) mass is 317 g/mol. The minimum atomic E-state index is -0.672. The Labute approximate surface area is 119 Å². The molecule has 0 spiro atoms. The first-order chi connectivity index (χ1) is 9.13. The van der Waals surface area contributed by atoms with Crippen molar-refractivity contribution in [2.75, 3.05) is 5.32 Å². The highest BCUT2D eigenvalue weighted by Gasteiger charge is 2.19. The van der Waals surface area contributed by atoms with Gasteiger partial charge in [0.25, 0.3) is 0 Å². The first kappa shape index (κ1) is 12.4. The fourth-order valence-corrected chi connectivity index (χ4v) is 2.52. The number of fused-ring (bicyclic) bond motifs is 1. The molecule has 0 radical (unpaired) electrons. The van der Waals surface area contributed by atoms with Crippen molar-refractivity contribution in [3.63, 3.8) is 0 Å². The highest BCUT2D eigenvalue weighted by atomic mass is 79.9. The van der Waals surface area contributed by atoms with E-state index in [0.29, 0.717) is 6.42 Å². The molecule has 0 bridgehead atoms. The molecule has 1 heterocycles. The number of halogens is 1. The van der Waals surface area contributed by atoms with Crippen LogP contribution in [0.25, 0.3) is 0 Å². The Balaban J connectivity index is 1.92. The van der Waals surface area contributed by atoms with Crippen LogP contribution in [-0.2, 0) is 11.2 Å². The molecule has 0 aromatic heterocycles. The quantitative estimate of drug-likeness (QED) is 0.894. The van der Waals surface area contributed by atoms with E-state index in [1.807, 2.05) is 42.5 Å². The van der Waals surface area contributed by atoms with E-state index in [9.17, 15) is 9.90 Å². The average molecular weight is 318 g/mol. The van der Waals surface area contributed by atoms with E-state index in [4.69, 9.17) is 0 Å². The van der Waals surface area contributed by atoms with Crippen molar-refractivity contribution >= 4 is 27.5 Å². The molecule has 1 atom stereocenters. The lowest BCUT2D eigenvalue weighted by Gasteiger charge is -2.12. The van der Waals surface area contributed by atoms with Crippen molar-refractivity contribution in [3.8, 4) is 0 Å². The SMILES string of the molecule is O=C1Cc2cc(C(O)c3ccc(Br)cc3)ccc2N1. The van der Waals surface area contributed by atoms with Crippen molar-refractivity contribution < 1.29 is 9.90 Å². The number of anilines is 1. The topological polar surface area (TPSA) is 49.3 Å². The first-order valence-electron chi connectivity index (χ1n) is 6.00. The number of benzene rings is 2. The molecule has 2 aromatic carbocycles. The largest absolute Gasteiger partial charge is 0.384 e. The maximum absolute atomic E-state index is 11.3. The number of hydrogen-bond donors (Lipinski definition) is 2. The lowest BCUT2D eigenvalue weighted by atomic mass is 9.99. The van der Waals surface area contributed by atoms with Gasteiger partial charge in [-0.3, -0.25) is 4.79 Å². The van der Waals surface area contributed by atoms with E-state index < -0.39 is 6.10 Å². The molecule has 1 amide bonds. The molecule has 2 aromatic rings. The van der Waals surface area contributed by atoms with Crippen LogP contribution in [-0.4, -0.2) is 11.0 Å². The molecule has 3 nitrogen and oxygen atoms in total. The minimum absolute atomic E-state index is 0.00489. The number of nitrogens with one attached hydrogen (secondary N) is 1. The molecule has 19 heavy (non-hydrogen) atoms. The molecular weight excluding hydrogens is 306 g/mol. The molecule has 2 N–H and O–H groups in total. The second-order valence-corrected chi connectivity index (χ2v) is 5.51. The Kier molecular flexibility index (Phi) is 3.12. The van der Waals surface area contributed by atoms with Gasteiger partial charge in [0.05, 0.1) is 6.42 Å². The van der Waals surface area contributed by atoms with Gasteiger partial charge in [-0.25, -0.2) is 0 Å². The smallest absolute Gasteiger partial charge is 0.228 e. The number of rotatable bonds is 2. The van der Waals surface area contributed by atoms with Crippen LogP contribution in [0.15, 0.2) is 46.9 Å². The predicted molar refractivity (Wildman–Crippen MR) is 77.0 cm³/mol. The summed E-state index contributed by atoms with van der Waals surface area (Å²) in [4.78, 5) is 11.3. The Bertz CT molecular complexity index is 637. The maximum atomic E-state index is 11.3. The number of carbonyl (C=O) groups is 1. The van der Waals surface area contributed by atoms with E-state index in [1.54, 1.807) is 0 Å². The lowest BCUT2D eigenvalue weighted by Crippen LogP contribution is -2.03. The summed E-state index contributed by atoms with van der Waals surface area (Å²) in [6.07, 6.45) is -0.287. The van der Waals surface area contributed by atoms with Gasteiger partial charge in [0.2, 0.25) is 5.91 Å². The highest BCUT2D eigenvalue weighted by Crippen LogP contribution is 2.29. The van der Waals surface area contributed by atoms with Crippen LogP contribution in [0.3, 0.4) is 0 Å². The van der Waals surface area contributed by atoms with Crippen LogP contribution in [0, 0.1) is 0 Å². The van der Waals surface area contributed by atoms with Gasteiger partial charge in [0, 0.05) is 10.2 Å². The van der Waals surface area contributed by atoms with Gasteiger partial charge in [-0.05, 0) is 34.9 Å². The van der Waals surface area contributed by atoms with Crippen molar-refractivity contribution in [1.29, 1.82) is 0 Å². The van der Waals surface area contributed by atoms with Gasteiger partial charge < -0.3 is 10.4 Å². The fourth-order valence-electron chi connectivity index (χ4n) is 2.26. The van der Waals surface area contributed by atoms with Crippen LogP contribution in [0.1, 0.15) is 22.8 Å². The van der Waals surface area contributed by atoms with Crippen LogP contribution < -0.4 is 5.32 Å². The molecule has 1 unspecified atom stereocenters. The third-order valence-corrected chi connectivity index (χ3v) is 3.78. The van der Waals surface area contributed by atoms with E-state index >= 15 is 0 Å². The number of amides is 1. The Morgan fingerprint density at radius 1 is 1.11 bits per heavy atom. The van der Waals surface area contributed by atoms with Crippen molar-refractivity contribution in [2.24, 2.45) is 0 Å². The second-order valence-electron chi connectivity index (χ2n) is 4.60. The Morgan fingerprint density at radius 3 is 2.53 bits per heavy atom. The summed E-state index contributed by atoms with van der Waals surface area (Å²) >= 11 is 3.37. The van der Waals surface area contributed by atoms with Gasteiger partial charge in [-0.1, -0.05) is 40.2 Å². The van der Waals surface area contributed by atoms with E-state index in [1.165, 1.54) is 0 Å². The molecule has 1 aliphatic rings. The van der Waals surface area contributed by atoms with Crippen molar-refractivity contribution in [2.45, 2.75) is 12.5 Å². The summed E-state index contributed by atoms with van der Waals surface area (Å²) in [7, 11) is 0. The molecule has 0 aliphatic carbocycles. The van der Waals surface area contributed by atoms with Crippen LogP contribution in [0.4, 0.5) is 5.69 Å². The van der Waals surface area contributed by atoms with Crippen molar-refractivity contribution in [1.82, 2.24) is 0 Å². The number of aliphatic hydroxyl groups is 1. The van der Waals surface area contributed by atoms with Crippen LogP contribution in [0.2, 0.25) is 0 Å². The second kappa shape index (κ2) is 4.79. The Morgan fingerprint density at radius 2 is 1.79 bits per heavy atom. The normalized spacial score (nSPS) is 14.9. The summed E-state index contributed by atoms with van der Waals surface area (Å²) in [6.45, 7) is 0. The van der Waals surface area contributed by atoms with E-state index in [0.717, 1.165) is 26.9 Å². The molecule has 0 saturated carbocycles. The van der Waals surface area contributed by atoms with Crippen LogP contribution >= 0.6 is 15.9 Å². The summed E-state index contributed by atoms with van der Waals surface area (Å²) in [6, 6.07) is 13.1. The molecular formula is C15H12BrNO2. The van der Waals surface area contributed by atoms with Gasteiger partial charge in [0.15, 0.2) is 0 Å². The third kappa shape index (κ3) is 2.41. The molecule has 3 rings (SSSR count). The van der Waals surface area contributed by atoms with Gasteiger partial charge in [-0.15, -0.1) is 0 Å². The summed E-state index contributed by atoms with van der Waals surface area (Å²) in [5.74, 6) is 0.00489. The number of aliphatic hydroxyl groups excluding tert-OH is 1. The molecule has 0 fully saturated rings. The molecule has 96 valence electrons. The highest BCUT2D eigenvalue weighted by molar-refractivity contribution is 9.10. The standard InChI is InChI=1S/C15H12BrNO2/c16-12-4-1-9(2-5-12)15(19)10-3-6-13-11(7-10)8-14(18)17-13/h1-7,15,19H,8H2,(H,17,18). The summed E-state index contributed by atoms with van der Waals surface area (Å²) in [5, 5.41) is 13.1. The zero-order chi connectivity index (χ0) is 13.4. The summed E-state index contributed by atoms with van der Waals surface area (Å²) < 4.78 is 0.979. The third-order valence-electron chi connectivity index (χ3n) is 3.26. The van der Waals surface area contributed by atoms with Gasteiger partial charge in [-0.2, -0.15) is 0 Å². The van der Waals surface area contributed by atoms with E-state index in [-0.39, 0.29) is 5.91 Å². The predicted octanol–water partition coefficient (Wildman–Crippen LogP) is 3.03. The summed E-state index contributed by atoms with van der Waals surface area (Å²) in [5.41, 5.74) is 3.42. The van der Waals surface area contributed by atoms with Gasteiger partial charge in [0.1, 0.15) is 6.10 Å². The van der Waals surface area contributed by atoms with Gasteiger partial charge >= 0.3 is 0 Å². The lowest BCUT2D eigenvalue weighted by molar-refractivity contribution is -0.115. The number of hydrogen-bond acceptors (Lipinski definition) is 2. The van der Waals surface area contributed by atoms with Crippen molar-refractivity contribution in [3.05, 3.63) is 63.6 Å². The average Bonchev–Trinajstić information content (AvgIpc) is 2.77. The van der Waals surface area contributed by atoms with E-state index in [2.05, 4.69) is 21.2 Å². The first-order valence-corrected chi connectivity index (χ1v) is 6.79. The molecule has 4 heteroatoms. The Hall–Kier alpha value is -1.65. The molecule has 1 aliphatic heterocycles. The zero-order valence-electron chi connectivity index (χ0n) is 10.1. The zero-order valence-corrected chi connectivity index (χ0v) is 11.6. The maximum Gasteiger partial charge on any atom is 0.228 e.